The molecule has 1 aliphatic heterocycles. The average Bonchev–Trinajstić information content (AvgIpc) is 3.23. The lowest BCUT2D eigenvalue weighted by atomic mass is 10.1. The second kappa shape index (κ2) is 8.78. The van der Waals surface area contributed by atoms with Gasteiger partial charge in [0.25, 0.3) is 0 Å². The molecule has 1 aliphatic rings. The fourth-order valence-electron chi connectivity index (χ4n) is 3.95. The predicted molar refractivity (Wildman–Crippen MR) is 111 cm³/mol. The van der Waals surface area contributed by atoms with E-state index in [0.717, 1.165) is 48.2 Å². The van der Waals surface area contributed by atoms with Crippen molar-refractivity contribution >= 4 is 16.9 Å². The number of aryl methyl sites for hydroxylation is 2. The number of nitrogens with one attached hydrogen (secondary N) is 1. The van der Waals surface area contributed by atoms with E-state index in [1.807, 2.05) is 32.0 Å². The summed E-state index contributed by atoms with van der Waals surface area (Å²) >= 11 is 0. The molecule has 1 saturated heterocycles. The molecule has 3 aromatic rings. The Morgan fingerprint density at radius 2 is 1.97 bits per heavy atom. The monoisotopic (exact) mass is 396 g/mol. The molecule has 0 unspecified atom stereocenters. The minimum absolute atomic E-state index is 0.0358. The Balaban J connectivity index is 1.36. The quantitative estimate of drug-likeness (QED) is 0.632. The van der Waals surface area contributed by atoms with Crippen molar-refractivity contribution in [3.8, 4) is 11.6 Å². The van der Waals surface area contributed by atoms with Crippen LogP contribution in [0.2, 0.25) is 0 Å². The zero-order valence-electron chi connectivity index (χ0n) is 17.2. The number of amides is 1. The SMILES string of the molecule is Cc1c(-c2noc(C(=O)NCCCN3CCCCCC3)n2)oc2c(C)cccc12. The fourth-order valence-corrected chi connectivity index (χ4v) is 3.95. The number of hydrogen-bond donors (Lipinski definition) is 1. The van der Waals surface area contributed by atoms with E-state index in [1.165, 1.54) is 25.7 Å². The van der Waals surface area contributed by atoms with Crippen molar-refractivity contribution < 1.29 is 13.7 Å². The van der Waals surface area contributed by atoms with Crippen molar-refractivity contribution in [2.45, 2.75) is 46.0 Å². The van der Waals surface area contributed by atoms with Gasteiger partial charge in [-0.15, -0.1) is 0 Å². The third-order valence-electron chi connectivity index (χ3n) is 5.62. The number of para-hydroxylation sites is 1. The second-order valence-corrected chi connectivity index (χ2v) is 7.80. The first kappa shape index (κ1) is 19.6. The largest absolute Gasteiger partial charge is 0.452 e. The molecule has 1 fully saturated rings. The summed E-state index contributed by atoms with van der Waals surface area (Å²) in [6.45, 7) is 7.88. The third kappa shape index (κ3) is 4.34. The zero-order valence-corrected chi connectivity index (χ0v) is 17.2. The Morgan fingerprint density at radius 1 is 1.17 bits per heavy atom. The lowest BCUT2D eigenvalue weighted by molar-refractivity contribution is 0.0908. The highest BCUT2D eigenvalue weighted by atomic mass is 16.5. The predicted octanol–water partition coefficient (Wildman–Crippen LogP) is 4.10. The van der Waals surface area contributed by atoms with Gasteiger partial charge in [-0.25, -0.2) is 0 Å². The standard InChI is InChI=1S/C22H28N4O3/c1-15-9-7-10-17-16(2)19(28-18(15)17)20-24-22(29-25-20)21(27)23-11-8-14-26-12-5-3-4-6-13-26/h7,9-10H,3-6,8,11-14H2,1-2H3,(H,23,27). The molecule has 0 saturated carbocycles. The molecule has 4 rings (SSSR count). The first-order valence-corrected chi connectivity index (χ1v) is 10.5. The van der Waals surface area contributed by atoms with Gasteiger partial charge in [0.1, 0.15) is 5.58 Å². The first-order chi connectivity index (χ1) is 14.1. The van der Waals surface area contributed by atoms with Crippen LogP contribution in [0, 0.1) is 13.8 Å². The third-order valence-corrected chi connectivity index (χ3v) is 5.62. The Bertz CT molecular complexity index is 983. The number of likely N-dealkylation sites (tertiary alicyclic amines) is 1. The summed E-state index contributed by atoms with van der Waals surface area (Å²) < 4.78 is 11.1. The number of benzene rings is 1. The van der Waals surface area contributed by atoms with Crippen molar-refractivity contribution in [2.24, 2.45) is 0 Å². The van der Waals surface area contributed by atoms with E-state index in [-0.39, 0.29) is 11.8 Å². The molecule has 3 heterocycles. The summed E-state index contributed by atoms with van der Waals surface area (Å²) in [7, 11) is 0. The molecular weight excluding hydrogens is 368 g/mol. The van der Waals surface area contributed by atoms with Gasteiger partial charge in [-0.1, -0.05) is 36.2 Å². The van der Waals surface area contributed by atoms with Gasteiger partial charge >= 0.3 is 11.8 Å². The zero-order chi connectivity index (χ0) is 20.2. The van der Waals surface area contributed by atoms with Gasteiger partial charge < -0.3 is 19.2 Å². The van der Waals surface area contributed by atoms with E-state index in [4.69, 9.17) is 8.94 Å². The molecule has 1 N–H and O–H groups in total. The van der Waals surface area contributed by atoms with Crippen LogP contribution in [0.3, 0.4) is 0 Å². The summed E-state index contributed by atoms with van der Waals surface area (Å²) in [4.78, 5) is 19.1. The molecule has 0 atom stereocenters. The van der Waals surface area contributed by atoms with Gasteiger partial charge in [-0.05, 0) is 58.3 Å². The van der Waals surface area contributed by atoms with Crippen molar-refractivity contribution in [1.82, 2.24) is 20.4 Å². The molecule has 2 aromatic heterocycles. The van der Waals surface area contributed by atoms with Crippen LogP contribution < -0.4 is 5.32 Å². The van der Waals surface area contributed by atoms with E-state index >= 15 is 0 Å². The van der Waals surface area contributed by atoms with Gasteiger partial charge in [0, 0.05) is 17.5 Å². The Morgan fingerprint density at radius 3 is 2.72 bits per heavy atom. The lowest BCUT2D eigenvalue weighted by Gasteiger charge is -2.19. The summed E-state index contributed by atoms with van der Waals surface area (Å²) in [5, 5.41) is 7.85. The number of fused-ring (bicyclic) bond motifs is 1. The molecular formula is C22H28N4O3. The number of furan rings is 1. The molecule has 1 aromatic carbocycles. The second-order valence-electron chi connectivity index (χ2n) is 7.80. The first-order valence-electron chi connectivity index (χ1n) is 10.5. The number of carbonyl (C=O) groups is 1. The Kier molecular flexibility index (Phi) is 5.94. The molecule has 7 nitrogen and oxygen atoms in total. The highest BCUT2D eigenvalue weighted by Gasteiger charge is 2.21. The minimum atomic E-state index is -0.343. The Labute approximate surface area is 170 Å². The minimum Gasteiger partial charge on any atom is -0.452 e. The number of rotatable bonds is 6. The van der Waals surface area contributed by atoms with Gasteiger partial charge in [-0.3, -0.25) is 4.79 Å². The summed E-state index contributed by atoms with van der Waals surface area (Å²) in [5.41, 5.74) is 2.79. The summed E-state index contributed by atoms with van der Waals surface area (Å²) in [6, 6.07) is 5.99. The van der Waals surface area contributed by atoms with Gasteiger partial charge in [-0.2, -0.15) is 4.98 Å². The number of hydrogen-bond acceptors (Lipinski definition) is 6. The lowest BCUT2D eigenvalue weighted by Crippen LogP contribution is -2.30. The van der Waals surface area contributed by atoms with E-state index in [0.29, 0.717) is 18.1 Å². The van der Waals surface area contributed by atoms with E-state index < -0.39 is 0 Å². The summed E-state index contributed by atoms with van der Waals surface area (Å²) in [5.74, 6) is 0.460. The molecule has 0 aliphatic carbocycles. The van der Waals surface area contributed by atoms with Gasteiger partial charge in [0.05, 0.1) is 0 Å². The van der Waals surface area contributed by atoms with E-state index in [2.05, 4.69) is 20.4 Å². The molecule has 0 spiro atoms. The molecule has 7 heteroatoms. The number of nitrogens with zero attached hydrogens (tertiary/aromatic N) is 3. The fraction of sp³-hybridized carbons (Fsp3) is 0.500. The molecule has 1 amide bonds. The Hall–Kier alpha value is -2.67. The highest BCUT2D eigenvalue weighted by molar-refractivity contribution is 5.91. The number of carbonyl (C=O) groups excluding carboxylic acids is 1. The smallest absolute Gasteiger partial charge is 0.316 e. The maximum atomic E-state index is 12.4. The van der Waals surface area contributed by atoms with Crippen LogP contribution in [0.4, 0.5) is 0 Å². The molecule has 29 heavy (non-hydrogen) atoms. The van der Waals surface area contributed by atoms with Gasteiger partial charge in [0.15, 0.2) is 5.76 Å². The molecule has 0 bridgehead atoms. The summed E-state index contributed by atoms with van der Waals surface area (Å²) in [6.07, 6.45) is 6.12. The van der Waals surface area contributed by atoms with Crippen LogP contribution in [0.1, 0.15) is 53.9 Å². The highest BCUT2D eigenvalue weighted by Crippen LogP contribution is 2.33. The van der Waals surface area contributed by atoms with Crippen LogP contribution in [-0.4, -0.2) is 47.1 Å². The number of aromatic nitrogens is 2. The molecule has 0 radical (unpaired) electrons. The van der Waals surface area contributed by atoms with Crippen molar-refractivity contribution in [1.29, 1.82) is 0 Å². The van der Waals surface area contributed by atoms with Crippen LogP contribution in [0.15, 0.2) is 27.1 Å². The van der Waals surface area contributed by atoms with E-state index in [1.54, 1.807) is 0 Å². The van der Waals surface area contributed by atoms with Crippen LogP contribution in [0.5, 0.6) is 0 Å². The average molecular weight is 396 g/mol. The van der Waals surface area contributed by atoms with Crippen LogP contribution in [-0.2, 0) is 0 Å². The van der Waals surface area contributed by atoms with Gasteiger partial charge in [0.2, 0.25) is 5.82 Å². The van der Waals surface area contributed by atoms with Crippen LogP contribution >= 0.6 is 0 Å². The molecule has 154 valence electrons. The maximum Gasteiger partial charge on any atom is 0.316 e. The topological polar surface area (TPSA) is 84.4 Å². The van der Waals surface area contributed by atoms with E-state index in [9.17, 15) is 4.79 Å². The van der Waals surface area contributed by atoms with Crippen molar-refractivity contribution in [3.63, 3.8) is 0 Å². The van der Waals surface area contributed by atoms with Crippen LogP contribution in [0.25, 0.3) is 22.6 Å². The maximum absolute atomic E-state index is 12.4. The van der Waals surface area contributed by atoms with Crippen molar-refractivity contribution in [2.75, 3.05) is 26.2 Å². The van der Waals surface area contributed by atoms with Crippen molar-refractivity contribution in [3.05, 3.63) is 35.2 Å². The normalized spacial score (nSPS) is 15.5.